The monoisotopic (exact) mass is 376 g/mol. The lowest BCUT2D eigenvalue weighted by atomic mass is 10.0. The van der Waals surface area contributed by atoms with Gasteiger partial charge in [0.1, 0.15) is 11.6 Å². The molecule has 7 heteroatoms. The summed E-state index contributed by atoms with van der Waals surface area (Å²) in [6.45, 7) is 0.805. The highest BCUT2D eigenvalue weighted by Crippen LogP contribution is 2.23. The van der Waals surface area contributed by atoms with Gasteiger partial charge in [-0.3, -0.25) is 4.79 Å². The van der Waals surface area contributed by atoms with Crippen LogP contribution in [0.25, 0.3) is 0 Å². The molecule has 5 nitrogen and oxygen atoms in total. The van der Waals surface area contributed by atoms with Gasteiger partial charge in [-0.15, -0.1) is 0 Å². The molecule has 0 spiro atoms. The summed E-state index contributed by atoms with van der Waals surface area (Å²) in [5.41, 5.74) is -0.107. The van der Waals surface area contributed by atoms with Gasteiger partial charge in [0, 0.05) is 19.1 Å². The van der Waals surface area contributed by atoms with Crippen LogP contribution in [0, 0.1) is 5.82 Å². The molecule has 1 fully saturated rings. The molecule has 1 aliphatic rings. The van der Waals surface area contributed by atoms with E-state index in [-0.39, 0.29) is 16.6 Å². The van der Waals surface area contributed by atoms with Crippen LogP contribution in [0.3, 0.4) is 0 Å². The van der Waals surface area contributed by atoms with E-state index in [4.69, 9.17) is 16.3 Å². The van der Waals surface area contributed by atoms with Gasteiger partial charge < -0.3 is 15.0 Å². The SMILES string of the molecule is O=C(NC1CCN(C(=O)c2c(F)cccc2Cl)CC1)Oc1ccccc1. The van der Waals surface area contributed by atoms with Gasteiger partial charge in [-0.1, -0.05) is 35.9 Å². The Balaban J connectivity index is 1.53. The first-order valence-corrected chi connectivity index (χ1v) is 8.69. The van der Waals surface area contributed by atoms with Crippen LogP contribution >= 0.6 is 11.6 Å². The fraction of sp³-hybridized carbons (Fsp3) is 0.263. The third kappa shape index (κ3) is 4.32. The number of nitrogens with one attached hydrogen (secondary N) is 1. The molecule has 136 valence electrons. The van der Waals surface area contributed by atoms with Crippen molar-refractivity contribution in [2.45, 2.75) is 18.9 Å². The van der Waals surface area contributed by atoms with Crippen molar-refractivity contribution in [3.63, 3.8) is 0 Å². The second-order valence-corrected chi connectivity index (χ2v) is 6.42. The molecule has 0 radical (unpaired) electrons. The highest BCUT2D eigenvalue weighted by Gasteiger charge is 2.27. The number of nitrogens with zero attached hydrogens (tertiary/aromatic N) is 1. The molecular weight excluding hydrogens is 359 g/mol. The number of likely N-dealkylation sites (tertiary alicyclic amines) is 1. The fourth-order valence-electron chi connectivity index (χ4n) is 2.88. The average Bonchev–Trinajstić information content (AvgIpc) is 2.63. The molecule has 1 heterocycles. The zero-order chi connectivity index (χ0) is 18.5. The van der Waals surface area contributed by atoms with Gasteiger partial charge in [0.2, 0.25) is 0 Å². The summed E-state index contributed by atoms with van der Waals surface area (Å²) in [5, 5.41) is 2.89. The lowest BCUT2D eigenvalue weighted by Crippen LogP contribution is -2.47. The van der Waals surface area contributed by atoms with Gasteiger partial charge >= 0.3 is 6.09 Å². The number of para-hydroxylation sites is 1. The summed E-state index contributed by atoms with van der Waals surface area (Å²) in [6.07, 6.45) is 0.585. The molecule has 2 amide bonds. The Morgan fingerprint density at radius 1 is 1.08 bits per heavy atom. The topological polar surface area (TPSA) is 58.6 Å². The van der Waals surface area contributed by atoms with Crippen molar-refractivity contribution in [1.82, 2.24) is 10.2 Å². The Labute approximate surface area is 155 Å². The minimum absolute atomic E-state index is 0.0988. The van der Waals surface area contributed by atoms with Crippen LogP contribution in [0.2, 0.25) is 5.02 Å². The summed E-state index contributed by atoms with van der Waals surface area (Å²) in [5.74, 6) is -0.598. The summed E-state index contributed by atoms with van der Waals surface area (Å²) in [4.78, 5) is 26.0. The molecule has 0 saturated carbocycles. The third-order valence-corrected chi connectivity index (χ3v) is 4.55. The fourth-order valence-corrected chi connectivity index (χ4v) is 3.12. The summed E-state index contributed by atoms with van der Waals surface area (Å²) < 4.78 is 19.1. The van der Waals surface area contributed by atoms with Gasteiger partial charge in [0.15, 0.2) is 0 Å². The van der Waals surface area contributed by atoms with E-state index in [9.17, 15) is 14.0 Å². The molecule has 1 aliphatic heterocycles. The van der Waals surface area contributed by atoms with E-state index < -0.39 is 17.8 Å². The molecule has 26 heavy (non-hydrogen) atoms. The Morgan fingerprint density at radius 3 is 2.42 bits per heavy atom. The minimum atomic E-state index is -0.630. The van der Waals surface area contributed by atoms with Crippen LogP contribution in [0.1, 0.15) is 23.2 Å². The highest BCUT2D eigenvalue weighted by atomic mass is 35.5. The Bertz CT molecular complexity index is 772. The van der Waals surface area contributed by atoms with Crippen molar-refractivity contribution < 1.29 is 18.7 Å². The summed E-state index contributed by atoms with van der Waals surface area (Å²) >= 11 is 5.96. The zero-order valence-corrected chi connectivity index (χ0v) is 14.7. The van der Waals surface area contributed by atoms with E-state index in [0.29, 0.717) is 31.7 Å². The van der Waals surface area contributed by atoms with Crippen LogP contribution in [-0.4, -0.2) is 36.0 Å². The largest absolute Gasteiger partial charge is 0.412 e. The van der Waals surface area contributed by atoms with Gasteiger partial charge in [-0.2, -0.15) is 0 Å². The summed E-state index contributed by atoms with van der Waals surface area (Å²) in [6, 6.07) is 12.8. The zero-order valence-electron chi connectivity index (χ0n) is 14.0. The maximum atomic E-state index is 13.9. The van der Waals surface area contributed by atoms with Crippen LogP contribution in [0.15, 0.2) is 48.5 Å². The molecule has 1 N–H and O–H groups in total. The third-order valence-electron chi connectivity index (χ3n) is 4.23. The number of halogens is 2. The van der Waals surface area contributed by atoms with Crippen molar-refractivity contribution in [3.8, 4) is 5.75 Å². The normalized spacial score (nSPS) is 14.8. The molecule has 0 atom stereocenters. The molecule has 1 saturated heterocycles. The summed E-state index contributed by atoms with van der Waals surface area (Å²) in [7, 11) is 0. The predicted octanol–water partition coefficient (Wildman–Crippen LogP) is 3.87. The molecule has 0 unspecified atom stereocenters. The quantitative estimate of drug-likeness (QED) is 0.884. The molecule has 2 aromatic rings. The highest BCUT2D eigenvalue weighted by molar-refractivity contribution is 6.33. The number of piperidine rings is 1. The lowest BCUT2D eigenvalue weighted by molar-refractivity contribution is 0.0702. The number of amides is 2. The van der Waals surface area contributed by atoms with E-state index in [1.807, 2.05) is 6.07 Å². The van der Waals surface area contributed by atoms with Gasteiger partial charge in [-0.25, -0.2) is 9.18 Å². The van der Waals surface area contributed by atoms with E-state index >= 15 is 0 Å². The maximum absolute atomic E-state index is 13.9. The molecule has 0 bridgehead atoms. The molecule has 0 aromatic heterocycles. The minimum Gasteiger partial charge on any atom is -0.410 e. The average molecular weight is 377 g/mol. The lowest BCUT2D eigenvalue weighted by Gasteiger charge is -2.32. The number of ether oxygens (including phenoxy) is 1. The Morgan fingerprint density at radius 2 is 1.77 bits per heavy atom. The Kier molecular flexibility index (Phi) is 5.73. The van der Waals surface area contributed by atoms with Crippen molar-refractivity contribution in [1.29, 1.82) is 0 Å². The van der Waals surface area contributed by atoms with Crippen molar-refractivity contribution in [2.75, 3.05) is 13.1 Å². The van der Waals surface area contributed by atoms with Crippen molar-refractivity contribution in [3.05, 3.63) is 64.9 Å². The smallest absolute Gasteiger partial charge is 0.410 e. The van der Waals surface area contributed by atoms with E-state index in [1.54, 1.807) is 29.2 Å². The van der Waals surface area contributed by atoms with Gasteiger partial charge in [0.25, 0.3) is 5.91 Å². The molecule has 0 aliphatic carbocycles. The first-order valence-electron chi connectivity index (χ1n) is 8.31. The van der Waals surface area contributed by atoms with Crippen LogP contribution in [-0.2, 0) is 0 Å². The number of carbonyl (C=O) groups is 2. The van der Waals surface area contributed by atoms with E-state index in [0.717, 1.165) is 0 Å². The standard InChI is InChI=1S/C19H18ClFN2O3/c20-15-7-4-8-16(21)17(15)18(24)23-11-9-13(10-12-23)22-19(25)26-14-5-2-1-3-6-14/h1-8,13H,9-12H2,(H,22,25). The van der Waals surface area contributed by atoms with Gasteiger partial charge in [-0.05, 0) is 37.1 Å². The second kappa shape index (κ2) is 8.19. The first-order chi connectivity index (χ1) is 12.5. The van der Waals surface area contributed by atoms with E-state index in [2.05, 4.69) is 5.32 Å². The van der Waals surface area contributed by atoms with Crippen LogP contribution < -0.4 is 10.1 Å². The Hall–Kier alpha value is -2.60. The number of hydrogen-bond donors (Lipinski definition) is 1. The van der Waals surface area contributed by atoms with Gasteiger partial charge in [0.05, 0.1) is 10.6 Å². The number of benzene rings is 2. The van der Waals surface area contributed by atoms with Crippen molar-refractivity contribution >= 4 is 23.6 Å². The van der Waals surface area contributed by atoms with Crippen molar-refractivity contribution in [2.24, 2.45) is 0 Å². The molecule has 3 rings (SSSR count). The number of rotatable bonds is 3. The van der Waals surface area contributed by atoms with Crippen LogP contribution in [0.4, 0.5) is 9.18 Å². The molecule has 2 aromatic carbocycles. The van der Waals surface area contributed by atoms with Crippen LogP contribution in [0.5, 0.6) is 5.75 Å². The number of carbonyl (C=O) groups excluding carboxylic acids is 2. The number of hydrogen-bond acceptors (Lipinski definition) is 3. The maximum Gasteiger partial charge on any atom is 0.412 e. The second-order valence-electron chi connectivity index (χ2n) is 6.01. The van der Waals surface area contributed by atoms with E-state index in [1.165, 1.54) is 18.2 Å². The predicted molar refractivity (Wildman–Crippen MR) is 95.9 cm³/mol. The first kappa shape index (κ1) is 18.2. The molecular formula is C19H18ClFN2O3.